The number of ketones is 1. The van der Waals surface area contributed by atoms with Crippen LogP contribution in [0.25, 0.3) is 10.2 Å². The molecule has 20 heavy (non-hydrogen) atoms. The van der Waals surface area contributed by atoms with Crippen molar-refractivity contribution in [1.29, 1.82) is 0 Å². The lowest BCUT2D eigenvalue weighted by atomic mass is 10.1. The second kappa shape index (κ2) is 4.82. The van der Waals surface area contributed by atoms with Gasteiger partial charge in [0.2, 0.25) is 5.78 Å². The molecule has 0 aliphatic heterocycles. The standard InChI is InChI=1S/C14H8N2O3S/c17-13(9-4-2-1-3-5-9)14-15-11-7-6-10(16(18)19)8-12(11)20-14/h1-8H. The van der Waals surface area contributed by atoms with E-state index in [0.29, 0.717) is 20.8 Å². The number of aromatic nitrogens is 1. The van der Waals surface area contributed by atoms with Crippen LogP contribution in [0.15, 0.2) is 48.5 Å². The summed E-state index contributed by atoms with van der Waals surface area (Å²) < 4.78 is 0.637. The van der Waals surface area contributed by atoms with Gasteiger partial charge in [-0.25, -0.2) is 4.98 Å². The number of fused-ring (bicyclic) bond motifs is 1. The van der Waals surface area contributed by atoms with E-state index in [9.17, 15) is 14.9 Å². The third-order valence-electron chi connectivity index (χ3n) is 2.81. The van der Waals surface area contributed by atoms with Crippen LogP contribution in [0.3, 0.4) is 0 Å². The normalized spacial score (nSPS) is 10.6. The average molecular weight is 284 g/mol. The first-order valence-corrected chi connectivity index (χ1v) is 6.61. The Morgan fingerprint density at radius 2 is 1.90 bits per heavy atom. The van der Waals surface area contributed by atoms with Crippen molar-refractivity contribution in [3.05, 3.63) is 69.2 Å². The molecule has 0 atom stereocenters. The Labute approximate surface area is 117 Å². The summed E-state index contributed by atoms with van der Waals surface area (Å²) in [6.45, 7) is 0. The van der Waals surface area contributed by atoms with Crippen molar-refractivity contribution in [2.24, 2.45) is 0 Å². The summed E-state index contributed by atoms with van der Waals surface area (Å²) in [4.78, 5) is 26.8. The molecule has 2 aromatic carbocycles. The van der Waals surface area contributed by atoms with Gasteiger partial charge in [0.15, 0.2) is 5.01 Å². The molecule has 0 saturated heterocycles. The number of nitro benzene ring substituents is 1. The van der Waals surface area contributed by atoms with Crippen molar-refractivity contribution >= 4 is 33.0 Å². The summed E-state index contributed by atoms with van der Waals surface area (Å²) in [5.41, 5.74) is 1.15. The number of hydrogen-bond acceptors (Lipinski definition) is 5. The number of carbonyl (C=O) groups is 1. The van der Waals surface area contributed by atoms with Crippen LogP contribution in [-0.2, 0) is 0 Å². The molecule has 0 radical (unpaired) electrons. The van der Waals surface area contributed by atoms with Crippen LogP contribution < -0.4 is 0 Å². The smallest absolute Gasteiger partial charge is 0.270 e. The van der Waals surface area contributed by atoms with Gasteiger partial charge >= 0.3 is 0 Å². The Morgan fingerprint density at radius 1 is 1.15 bits per heavy atom. The van der Waals surface area contributed by atoms with Crippen molar-refractivity contribution < 1.29 is 9.72 Å². The van der Waals surface area contributed by atoms with Crippen LogP contribution in [-0.4, -0.2) is 15.7 Å². The molecular weight excluding hydrogens is 276 g/mol. The van der Waals surface area contributed by atoms with E-state index in [1.165, 1.54) is 23.5 Å². The molecular formula is C14H8N2O3S. The molecule has 0 fully saturated rings. The number of carbonyl (C=O) groups excluding carboxylic acids is 1. The fraction of sp³-hybridized carbons (Fsp3) is 0. The van der Waals surface area contributed by atoms with Gasteiger partial charge < -0.3 is 0 Å². The molecule has 3 aromatic rings. The second-order valence-corrected chi connectivity index (χ2v) is 5.15. The van der Waals surface area contributed by atoms with Gasteiger partial charge in [-0.3, -0.25) is 14.9 Å². The highest BCUT2D eigenvalue weighted by atomic mass is 32.1. The molecule has 5 nitrogen and oxygen atoms in total. The summed E-state index contributed by atoms with van der Waals surface area (Å²) in [5.74, 6) is -0.172. The molecule has 0 N–H and O–H groups in total. The van der Waals surface area contributed by atoms with Gasteiger partial charge in [-0.2, -0.15) is 0 Å². The van der Waals surface area contributed by atoms with Crippen LogP contribution in [0.4, 0.5) is 5.69 Å². The summed E-state index contributed by atoms with van der Waals surface area (Å²) in [6, 6.07) is 13.2. The Morgan fingerprint density at radius 3 is 2.60 bits per heavy atom. The van der Waals surface area contributed by atoms with E-state index in [0.717, 1.165) is 0 Å². The molecule has 0 saturated carbocycles. The maximum Gasteiger partial charge on any atom is 0.270 e. The zero-order chi connectivity index (χ0) is 14.1. The first-order chi connectivity index (χ1) is 9.65. The maximum atomic E-state index is 12.2. The zero-order valence-electron chi connectivity index (χ0n) is 10.1. The molecule has 98 valence electrons. The van der Waals surface area contributed by atoms with E-state index in [1.54, 1.807) is 30.3 Å². The van der Waals surface area contributed by atoms with Gasteiger partial charge in [0, 0.05) is 17.7 Å². The lowest BCUT2D eigenvalue weighted by Crippen LogP contribution is -1.99. The van der Waals surface area contributed by atoms with E-state index < -0.39 is 4.92 Å². The summed E-state index contributed by atoms with van der Waals surface area (Å²) in [5, 5.41) is 11.1. The predicted molar refractivity (Wildman–Crippen MR) is 76.1 cm³/mol. The van der Waals surface area contributed by atoms with Gasteiger partial charge in [0.25, 0.3) is 5.69 Å². The van der Waals surface area contributed by atoms with Crippen LogP contribution >= 0.6 is 11.3 Å². The number of nitrogens with zero attached hydrogens (tertiary/aromatic N) is 2. The van der Waals surface area contributed by atoms with Crippen LogP contribution in [0.5, 0.6) is 0 Å². The lowest BCUT2D eigenvalue weighted by Gasteiger charge is -1.94. The molecule has 1 heterocycles. The average Bonchev–Trinajstić information content (AvgIpc) is 2.90. The summed E-state index contributed by atoms with van der Waals surface area (Å²) in [7, 11) is 0. The SMILES string of the molecule is O=C(c1ccccc1)c1nc2ccc([N+](=O)[O-])cc2s1. The molecule has 0 bridgehead atoms. The van der Waals surface area contributed by atoms with E-state index in [4.69, 9.17) is 0 Å². The Hall–Kier alpha value is -2.60. The second-order valence-electron chi connectivity index (χ2n) is 4.12. The highest BCUT2D eigenvalue weighted by molar-refractivity contribution is 7.20. The number of benzene rings is 2. The van der Waals surface area contributed by atoms with Crippen molar-refractivity contribution in [3.8, 4) is 0 Å². The largest absolute Gasteiger partial charge is 0.286 e. The quantitative estimate of drug-likeness (QED) is 0.419. The third kappa shape index (κ3) is 2.17. The number of thiazole rings is 1. The van der Waals surface area contributed by atoms with Crippen molar-refractivity contribution in [2.75, 3.05) is 0 Å². The Balaban J connectivity index is 2.05. The molecule has 0 spiro atoms. The molecule has 0 amide bonds. The predicted octanol–water partition coefficient (Wildman–Crippen LogP) is 3.44. The molecule has 0 unspecified atom stereocenters. The van der Waals surface area contributed by atoms with Crippen LogP contribution in [0.1, 0.15) is 15.4 Å². The number of non-ortho nitro benzene ring substituents is 1. The van der Waals surface area contributed by atoms with E-state index >= 15 is 0 Å². The number of nitro groups is 1. The van der Waals surface area contributed by atoms with Crippen molar-refractivity contribution in [3.63, 3.8) is 0 Å². The Kier molecular flexibility index (Phi) is 3.00. The Bertz CT molecular complexity index is 812. The fourth-order valence-corrected chi connectivity index (χ4v) is 2.80. The van der Waals surface area contributed by atoms with E-state index in [1.807, 2.05) is 6.07 Å². The monoisotopic (exact) mass is 284 g/mol. The number of hydrogen-bond donors (Lipinski definition) is 0. The van der Waals surface area contributed by atoms with Crippen LogP contribution in [0.2, 0.25) is 0 Å². The highest BCUT2D eigenvalue weighted by Gasteiger charge is 2.16. The van der Waals surface area contributed by atoms with Gasteiger partial charge in [0.1, 0.15) is 0 Å². The minimum Gasteiger partial charge on any atom is -0.286 e. The summed E-state index contributed by atoms with van der Waals surface area (Å²) in [6.07, 6.45) is 0. The minimum atomic E-state index is -0.460. The first-order valence-electron chi connectivity index (χ1n) is 5.80. The van der Waals surface area contributed by atoms with E-state index in [2.05, 4.69) is 4.98 Å². The topological polar surface area (TPSA) is 73.1 Å². The molecule has 6 heteroatoms. The van der Waals surface area contributed by atoms with Gasteiger partial charge in [0.05, 0.1) is 15.1 Å². The van der Waals surface area contributed by atoms with Gasteiger partial charge in [-0.15, -0.1) is 11.3 Å². The maximum absolute atomic E-state index is 12.2. The van der Waals surface area contributed by atoms with Crippen molar-refractivity contribution in [2.45, 2.75) is 0 Å². The fourth-order valence-electron chi connectivity index (χ4n) is 1.84. The third-order valence-corrected chi connectivity index (χ3v) is 3.83. The molecule has 0 aliphatic rings. The molecule has 1 aromatic heterocycles. The lowest BCUT2D eigenvalue weighted by molar-refractivity contribution is -0.384. The van der Waals surface area contributed by atoms with Crippen molar-refractivity contribution in [1.82, 2.24) is 4.98 Å². The van der Waals surface area contributed by atoms with Gasteiger partial charge in [-0.1, -0.05) is 30.3 Å². The minimum absolute atomic E-state index is 0.000130. The van der Waals surface area contributed by atoms with Gasteiger partial charge in [-0.05, 0) is 6.07 Å². The summed E-state index contributed by atoms with van der Waals surface area (Å²) >= 11 is 1.17. The number of rotatable bonds is 3. The highest BCUT2D eigenvalue weighted by Crippen LogP contribution is 2.27. The van der Waals surface area contributed by atoms with Crippen LogP contribution in [0, 0.1) is 10.1 Å². The van der Waals surface area contributed by atoms with E-state index in [-0.39, 0.29) is 11.5 Å². The first kappa shape index (κ1) is 12.4. The zero-order valence-corrected chi connectivity index (χ0v) is 11.0. The molecule has 3 rings (SSSR count). The molecule has 0 aliphatic carbocycles.